The molecule has 3 atom stereocenters. The molecule has 0 spiro atoms. The lowest BCUT2D eigenvalue weighted by Crippen LogP contribution is -2.46. The summed E-state index contributed by atoms with van der Waals surface area (Å²) in [6.45, 7) is 4.97. The van der Waals surface area contributed by atoms with E-state index in [9.17, 15) is 19.4 Å². The van der Waals surface area contributed by atoms with Gasteiger partial charge in [-0.3, -0.25) is 13.8 Å². The smallest absolute Gasteiger partial charge is 0.391 e. The van der Waals surface area contributed by atoms with E-state index in [1.54, 1.807) is 0 Å². The van der Waals surface area contributed by atoms with Gasteiger partial charge in [0.15, 0.2) is 0 Å². The molecule has 1 amide bonds. The molecule has 0 aliphatic heterocycles. The molecule has 0 fully saturated rings. The Balaban J connectivity index is 3.88. The van der Waals surface area contributed by atoms with Crippen LogP contribution in [0.2, 0.25) is 0 Å². The predicted molar refractivity (Wildman–Crippen MR) is 402 cm³/mol. The molecule has 0 bridgehead atoms. The number of allylic oxidation sites excluding steroid dienone is 2. The first-order valence-electron chi connectivity index (χ1n) is 41.6. The van der Waals surface area contributed by atoms with E-state index in [4.69, 9.17) is 9.05 Å². The van der Waals surface area contributed by atoms with Crippen LogP contribution in [0.15, 0.2) is 12.2 Å². The van der Waals surface area contributed by atoms with Gasteiger partial charge in [-0.25, -0.2) is 4.57 Å². The van der Waals surface area contributed by atoms with Gasteiger partial charge in [-0.15, -0.1) is 0 Å². The Morgan fingerprint density at radius 2 is 0.593 bits per heavy atom. The number of quaternary nitrogens is 1. The molecule has 0 rings (SSSR count). The number of likely N-dealkylation sites (N-methyl/N-ethyl adjacent to an activating group) is 1. The number of rotatable bonds is 79. The summed E-state index contributed by atoms with van der Waals surface area (Å²) in [5, 5.41) is 14.2. The van der Waals surface area contributed by atoms with Crippen LogP contribution in [0.4, 0.5) is 0 Å². The second kappa shape index (κ2) is 73.5. The highest BCUT2D eigenvalue weighted by molar-refractivity contribution is 7.47. The number of nitrogens with one attached hydrogen (secondary N) is 1. The Kier molecular flexibility index (Phi) is 72.9. The van der Waals surface area contributed by atoms with E-state index in [1.807, 2.05) is 21.1 Å². The molecule has 3 N–H and O–H groups in total. The van der Waals surface area contributed by atoms with E-state index >= 15 is 0 Å². The molecule has 0 aromatic carbocycles. The maximum atomic E-state index is 13.1. The lowest BCUT2D eigenvalue weighted by molar-refractivity contribution is -0.870. The fourth-order valence-electron chi connectivity index (χ4n) is 13.3. The topological polar surface area (TPSA) is 105 Å². The zero-order valence-electron chi connectivity index (χ0n) is 62.6. The second-order valence-corrected chi connectivity index (χ2v) is 31.7. The third-order valence-corrected chi connectivity index (χ3v) is 20.7. The van der Waals surface area contributed by atoms with Gasteiger partial charge >= 0.3 is 7.82 Å². The van der Waals surface area contributed by atoms with Crippen LogP contribution in [-0.4, -0.2) is 73.4 Å². The Bertz CT molecular complexity index is 1490. The fraction of sp³-hybridized carbons (Fsp3) is 0.963. The number of phosphoric ester groups is 1. The lowest BCUT2D eigenvalue weighted by atomic mass is 10.0. The molecule has 0 radical (unpaired) electrons. The molecule has 0 saturated heterocycles. The normalized spacial score (nSPS) is 13.4. The minimum Gasteiger partial charge on any atom is -0.391 e. The summed E-state index contributed by atoms with van der Waals surface area (Å²) in [5.74, 6) is -0.132. The van der Waals surface area contributed by atoms with Crippen molar-refractivity contribution < 1.29 is 32.9 Å². The second-order valence-electron chi connectivity index (χ2n) is 30.2. The van der Waals surface area contributed by atoms with Crippen LogP contribution >= 0.6 is 7.82 Å². The molecule has 0 aromatic heterocycles. The van der Waals surface area contributed by atoms with Crippen molar-refractivity contribution in [2.75, 3.05) is 40.9 Å². The van der Waals surface area contributed by atoms with Crippen LogP contribution in [-0.2, 0) is 18.4 Å². The highest BCUT2D eigenvalue weighted by atomic mass is 31.2. The van der Waals surface area contributed by atoms with Crippen molar-refractivity contribution in [3.8, 4) is 0 Å². The number of aliphatic hydroxyl groups excluding tert-OH is 1. The lowest BCUT2D eigenvalue weighted by Gasteiger charge is -2.26. The first kappa shape index (κ1) is 90.2. The van der Waals surface area contributed by atoms with Crippen molar-refractivity contribution in [2.24, 2.45) is 0 Å². The average molecular weight is 1310 g/mol. The van der Waals surface area contributed by atoms with Gasteiger partial charge in [-0.2, -0.15) is 0 Å². The summed E-state index contributed by atoms with van der Waals surface area (Å²) in [5.41, 5.74) is 0. The van der Waals surface area contributed by atoms with Gasteiger partial charge in [-0.05, 0) is 38.5 Å². The predicted octanol–water partition coefficient (Wildman–Crippen LogP) is 27.2. The third kappa shape index (κ3) is 76.5. The van der Waals surface area contributed by atoms with E-state index in [0.29, 0.717) is 23.9 Å². The Labute approximate surface area is 571 Å². The standard InChI is InChI=1S/C82H165N2O6P/c1-6-8-10-12-14-16-18-20-22-24-26-28-30-32-34-36-38-40-41-42-43-44-46-48-50-52-54-56-58-60-62-64-66-68-70-72-74-76-82(86)83-80(79-90-91(87,88)89-78-77-84(3,4)5)81(85)75-73-71-69-67-65-63-61-59-57-55-53-51-49-47-45-39-37-35-33-31-29-27-25-23-21-19-17-15-13-11-9-7-2/h24,26,80-81,85H,6-23,25,27-79H2,1-5H3,(H-,83,86,87,88)/p+1/b26-24-. The van der Waals surface area contributed by atoms with Gasteiger partial charge < -0.3 is 19.8 Å². The van der Waals surface area contributed by atoms with Crippen LogP contribution < -0.4 is 5.32 Å². The summed E-state index contributed by atoms with van der Waals surface area (Å²) >= 11 is 0. The molecule has 0 aliphatic rings. The molecule has 544 valence electrons. The highest BCUT2D eigenvalue weighted by Gasteiger charge is 2.28. The largest absolute Gasteiger partial charge is 0.472 e. The number of unbranched alkanes of at least 4 members (excludes halogenated alkanes) is 64. The SMILES string of the molecule is CCCCCCCCCC/C=C\CCCCCCCCCCCCCCCCCCCCCCCCCCCC(=O)NC(COP(=O)(O)OCC[N+](C)(C)C)C(O)CCCCCCCCCCCCCCCCCCCCCCCCCCCCCCCCCC. The first-order chi connectivity index (χ1) is 44.5. The van der Waals surface area contributed by atoms with Crippen LogP contribution in [0.25, 0.3) is 0 Å². The Morgan fingerprint density at radius 1 is 0.363 bits per heavy atom. The number of carbonyl (C=O) groups excluding carboxylic acids is 1. The van der Waals surface area contributed by atoms with E-state index in [2.05, 4.69) is 31.3 Å². The number of nitrogens with zero attached hydrogens (tertiary/aromatic N) is 1. The molecule has 91 heavy (non-hydrogen) atoms. The van der Waals surface area contributed by atoms with Crippen molar-refractivity contribution >= 4 is 13.7 Å². The van der Waals surface area contributed by atoms with Gasteiger partial charge in [0.2, 0.25) is 5.91 Å². The molecule has 8 nitrogen and oxygen atoms in total. The Hall–Kier alpha value is -0.760. The molecular weight excluding hydrogens is 1140 g/mol. The van der Waals surface area contributed by atoms with E-state index in [0.717, 1.165) is 38.5 Å². The average Bonchev–Trinajstić information content (AvgIpc) is 3.42. The zero-order chi connectivity index (χ0) is 66.2. The Morgan fingerprint density at radius 3 is 0.846 bits per heavy atom. The summed E-state index contributed by atoms with van der Waals surface area (Å²) in [6, 6.07) is -0.759. The number of carbonyl (C=O) groups is 1. The first-order valence-corrected chi connectivity index (χ1v) is 43.0. The van der Waals surface area contributed by atoms with Gasteiger partial charge in [0.1, 0.15) is 13.2 Å². The molecule has 0 aliphatic carbocycles. The van der Waals surface area contributed by atoms with Gasteiger partial charge in [0.05, 0.1) is 39.9 Å². The zero-order valence-corrected chi connectivity index (χ0v) is 63.5. The number of aliphatic hydroxyl groups is 1. The maximum absolute atomic E-state index is 13.1. The fourth-order valence-corrected chi connectivity index (χ4v) is 14.1. The van der Waals surface area contributed by atoms with Crippen LogP contribution in [0.3, 0.4) is 0 Å². The van der Waals surface area contributed by atoms with Crippen molar-refractivity contribution in [1.82, 2.24) is 5.32 Å². The van der Waals surface area contributed by atoms with Crippen molar-refractivity contribution in [3.63, 3.8) is 0 Å². The molecular formula is C82H166N2O6P+. The third-order valence-electron chi connectivity index (χ3n) is 19.8. The van der Waals surface area contributed by atoms with Crippen LogP contribution in [0.5, 0.6) is 0 Å². The summed E-state index contributed by atoms with van der Waals surface area (Å²) in [6.07, 6.45) is 96.7. The monoisotopic (exact) mass is 1310 g/mol. The minimum atomic E-state index is -4.33. The summed E-state index contributed by atoms with van der Waals surface area (Å²) in [4.78, 5) is 23.5. The number of hydrogen-bond acceptors (Lipinski definition) is 5. The number of phosphoric acid groups is 1. The summed E-state index contributed by atoms with van der Waals surface area (Å²) in [7, 11) is 1.64. The van der Waals surface area contributed by atoms with Crippen LogP contribution in [0.1, 0.15) is 457 Å². The molecule has 0 heterocycles. The molecule has 0 saturated carbocycles. The van der Waals surface area contributed by atoms with E-state index in [-0.39, 0.29) is 19.1 Å². The van der Waals surface area contributed by atoms with Gasteiger partial charge in [0, 0.05) is 6.42 Å². The minimum absolute atomic E-state index is 0.0789. The van der Waals surface area contributed by atoms with E-state index in [1.165, 1.54) is 392 Å². The van der Waals surface area contributed by atoms with Crippen molar-refractivity contribution in [2.45, 2.75) is 469 Å². The molecule has 3 unspecified atom stereocenters. The quantitative estimate of drug-likeness (QED) is 0.0243. The molecule has 0 aromatic rings. The number of amides is 1. The van der Waals surface area contributed by atoms with Crippen LogP contribution in [0, 0.1) is 0 Å². The maximum Gasteiger partial charge on any atom is 0.472 e. The van der Waals surface area contributed by atoms with E-state index < -0.39 is 20.0 Å². The van der Waals surface area contributed by atoms with Crippen molar-refractivity contribution in [1.29, 1.82) is 0 Å². The number of hydrogen-bond donors (Lipinski definition) is 3. The van der Waals surface area contributed by atoms with Crippen molar-refractivity contribution in [3.05, 3.63) is 12.2 Å². The van der Waals surface area contributed by atoms with Gasteiger partial charge in [-0.1, -0.05) is 424 Å². The summed E-state index contributed by atoms with van der Waals surface area (Å²) < 4.78 is 24.0. The molecule has 9 heteroatoms. The highest BCUT2D eigenvalue weighted by Crippen LogP contribution is 2.43. The van der Waals surface area contributed by atoms with Gasteiger partial charge in [0.25, 0.3) is 0 Å².